The third-order valence-electron chi connectivity index (χ3n) is 6.76. The molecule has 154 valence electrons. The van der Waals surface area contributed by atoms with Crippen LogP contribution >= 0.6 is 0 Å². The number of nitrogens with zero attached hydrogens (tertiary/aromatic N) is 1. The highest BCUT2D eigenvalue weighted by Crippen LogP contribution is 2.48. The summed E-state index contributed by atoms with van der Waals surface area (Å²) in [6.45, 7) is 11.8. The van der Waals surface area contributed by atoms with E-state index in [2.05, 4.69) is 42.7 Å². The zero-order chi connectivity index (χ0) is 20.1. The molecular weight excluding hydrogens is 335 g/mol. The van der Waals surface area contributed by atoms with Gasteiger partial charge in [0.25, 0.3) is 0 Å². The molecule has 2 unspecified atom stereocenters. The number of rotatable bonds is 5. The summed E-state index contributed by atoms with van der Waals surface area (Å²) in [6.07, 6.45) is 8.01. The van der Waals surface area contributed by atoms with Crippen molar-refractivity contribution >= 4 is 0 Å². The van der Waals surface area contributed by atoms with Crippen molar-refractivity contribution in [1.29, 1.82) is 0 Å². The Morgan fingerprint density at radius 2 is 1.89 bits per heavy atom. The van der Waals surface area contributed by atoms with Crippen molar-refractivity contribution < 1.29 is 4.39 Å². The van der Waals surface area contributed by atoms with E-state index < -0.39 is 5.67 Å². The van der Waals surface area contributed by atoms with Crippen LogP contribution in [0.4, 0.5) is 4.39 Å². The van der Waals surface area contributed by atoms with Crippen molar-refractivity contribution in [2.24, 2.45) is 17.1 Å². The standard InChI is InChI=1S/C23H36FN.CH5N/c1-18-11-14-25(16-18)17-21(23(4)12-6-5-7-13-23)19-9-8-10-20(15-19)22(2,3)24;1-2/h8-10,15,18,21H,5-7,11-14,16-17H2,1-4H3;2H2,1H3. The minimum Gasteiger partial charge on any atom is -0.333 e. The highest BCUT2D eigenvalue weighted by atomic mass is 19.1. The second kappa shape index (κ2) is 9.52. The van der Waals surface area contributed by atoms with E-state index >= 15 is 0 Å². The maximum atomic E-state index is 14.5. The van der Waals surface area contributed by atoms with Gasteiger partial charge in [-0.15, -0.1) is 0 Å². The van der Waals surface area contributed by atoms with Gasteiger partial charge in [-0.2, -0.15) is 0 Å². The molecule has 0 bridgehead atoms. The van der Waals surface area contributed by atoms with Gasteiger partial charge in [0.1, 0.15) is 5.67 Å². The Labute approximate surface area is 166 Å². The fourth-order valence-corrected chi connectivity index (χ4v) is 5.01. The van der Waals surface area contributed by atoms with Crippen molar-refractivity contribution in [2.75, 3.05) is 26.7 Å². The maximum absolute atomic E-state index is 14.5. The molecule has 2 atom stereocenters. The van der Waals surface area contributed by atoms with Gasteiger partial charge in [-0.05, 0) is 69.2 Å². The third-order valence-corrected chi connectivity index (χ3v) is 6.76. The van der Waals surface area contributed by atoms with E-state index in [9.17, 15) is 4.39 Å². The minimum atomic E-state index is -1.27. The molecule has 2 fully saturated rings. The van der Waals surface area contributed by atoms with Crippen LogP contribution in [0, 0.1) is 11.3 Å². The quantitative estimate of drug-likeness (QED) is 0.697. The van der Waals surface area contributed by atoms with Crippen LogP contribution in [0.25, 0.3) is 0 Å². The topological polar surface area (TPSA) is 29.3 Å². The maximum Gasteiger partial charge on any atom is 0.130 e. The Morgan fingerprint density at radius 1 is 1.22 bits per heavy atom. The van der Waals surface area contributed by atoms with Crippen molar-refractivity contribution in [2.45, 2.75) is 77.8 Å². The zero-order valence-corrected chi connectivity index (χ0v) is 18.2. The lowest BCUT2D eigenvalue weighted by molar-refractivity contribution is 0.134. The molecule has 0 radical (unpaired) electrons. The smallest absolute Gasteiger partial charge is 0.130 e. The Bertz CT molecular complexity index is 572. The largest absolute Gasteiger partial charge is 0.333 e. The first-order valence-electron chi connectivity index (χ1n) is 10.9. The van der Waals surface area contributed by atoms with Crippen molar-refractivity contribution in [3.63, 3.8) is 0 Å². The predicted molar refractivity (Wildman–Crippen MR) is 115 cm³/mol. The summed E-state index contributed by atoms with van der Waals surface area (Å²) in [7, 11) is 1.50. The molecule has 1 aromatic rings. The fraction of sp³-hybridized carbons (Fsp3) is 0.750. The molecule has 0 spiro atoms. The van der Waals surface area contributed by atoms with Crippen LogP contribution in [-0.4, -0.2) is 31.6 Å². The van der Waals surface area contributed by atoms with Gasteiger partial charge in [-0.1, -0.05) is 57.4 Å². The molecule has 2 nitrogen and oxygen atoms in total. The van der Waals surface area contributed by atoms with E-state index in [0.717, 1.165) is 18.0 Å². The van der Waals surface area contributed by atoms with E-state index in [1.165, 1.54) is 64.2 Å². The fourth-order valence-electron chi connectivity index (χ4n) is 5.01. The number of alkyl halides is 1. The van der Waals surface area contributed by atoms with Gasteiger partial charge in [0, 0.05) is 19.0 Å². The first kappa shape index (κ1) is 22.4. The van der Waals surface area contributed by atoms with Crippen LogP contribution in [0.1, 0.15) is 83.3 Å². The van der Waals surface area contributed by atoms with Gasteiger partial charge in [0.15, 0.2) is 0 Å². The number of hydrogen-bond donors (Lipinski definition) is 1. The van der Waals surface area contributed by atoms with Crippen molar-refractivity contribution in [3.05, 3.63) is 35.4 Å². The summed E-state index contributed by atoms with van der Waals surface area (Å²) in [4.78, 5) is 2.66. The summed E-state index contributed by atoms with van der Waals surface area (Å²) in [5.41, 5.74) is 5.76. The second-order valence-electron chi connectivity index (χ2n) is 9.52. The minimum absolute atomic E-state index is 0.350. The average Bonchev–Trinajstić information content (AvgIpc) is 3.06. The molecule has 1 saturated carbocycles. The molecule has 2 aliphatic rings. The van der Waals surface area contributed by atoms with Gasteiger partial charge in [0.2, 0.25) is 0 Å². The van der Waals surface area contributed by atoms with E-state index in [1.807, 2.05) is 6.07 Å². The Balaban J connectivity index is 0.00000126. The molecule has 3 heteroatoms. The molecule has 1 heterocycles. The van der Waals surface area contributed by atoms with E-state index in [-0.39, 0.29) is 0 Å². The van der Waals surface area contributed by atoms with E-state index in [0.29, 0.717) is 11.3 Å². The first-order valence-corrected chi connectivity index (χ1v) is 10.9. The lowest BCUT2D eigenvalue weighted by Crippen LogP contribution is -2.37. The zero-order valence-electron chi connectivity index (χ0n) is 18.2. The third kappa shape index (κ3) is 5.77. The van der Waals surface area contributed by atoms with E-state index in [1.54, 1.807) is 13.8 Å². The molecule has 27 heavy (non-hydrogen) atoms. The Kier molecular flexibility index (Phi) is 7.88. The number of likely N-dealkylation sites (tertiary alicyclic amines) is 1. The normalized spacial score (nSPS) is 24.2. The molecule has 0 aromatic heterocycles. The number of hydrogen-bond acceptors (Lipinski definition) is 2. The summed E-state index contributed by atoms with van der Waals surface area (Å²) >= 11 is 0. The van der Waals surface area contributed by atoms with Gasteiger partial charge in [0.05, 0.1) is 0 Å². The molecule has 1 aromatic carbocycles. The highest BCUT2D eigenvalue weighted by molar-refractivity contribution is 5.31. The monoisotopic (exact) mass is 376 g/mol. The number of nitrogens with two attached hydrogens (primary N) is 1. The summed E-state index contributed by atoms with van der Waals surface area (Å²) in [5.74, 6) is 1.33. The SMILES string of the molecule is CC1CCN(CC(c2cccc(C(C)(C)F)c2)C2(C)CCCCC2)C1.CN. The summed E-state index contributed by atoms with van der Waals surface area (Å²) < 4.78 is 14.5. The van der Waals surface area contributed by atoms with Crippen molar-refractivity contribution in [1.82, 2.24) is 4.90 Å². The highest BCUT2D eigenvalue weighted by Gasteiger charge is 2.38. The number of halogens is 1. The van der Waals surface area contributed by atoms with E-state index in [4.69, 9.17) is 0 Å². The van der Waals surface area contributed by atoms with Crippen LogP contribution in [0.5, 0.6) is 0 Å². The molecule has 1 saturated heterocycles. The molecular formula is C24H41FN2. The van der Waals surface area contributed by atoms with Gasteiger partial charge in [-0.25, -0.2) is 4.39 Å². The van der Waals surface area contributed by atoms with Gasteiger partial charge in [-0.3, -0.25) is 0 Å². The van der Waals surface area contributed by atoms with Gasteiger partial charge < -0.3 is 10.6 Å². The van der Waals surface area contributed by atoms with Crippen LogP contribution in [0.2, 0.25) is 0 Å². The van der Waals surface area contributed by atoms with Gasteiger partial charge >= 0.3 is 0 Å². The van der Waals surface area contributed by atoms with Crippen LogP contribution in [0.3, 0.4) is 0 Å². The Morgan fingerprint density at radius 3 is 2.44 bits per heavy atom. The summed E-state index contributed by atoms with van der Waals surface area (Å²) in [5, 5.41) is 0. The molecule has 2 N–H and O–H groups in total. The lowest BCUT2D eigenvalue weighted by atomic mass is 9.64. The molecule has 0 amide bonds. The van der Waals surface area contributed by atoms with Crippen LogP contribution < -0.4 is 5.73 Å². The molecule has 1 aliphatic carbocycles. The average molecular weight is 377 g/mol. The molecule has 1 aliphatic heterocycles. The predicted octanol–water partition coefficient (Wildman–Crippen LogP) is 5.86. The lowest BCUT2D eigenvalue weighted by Gasteiger charge is -2.43. The van der Waals surface area contributed by atoms with Crippen molar-refractivity contribution in [3.8, 4) is 0 Å². The summed E-state index contributed by atoms with van der Waals surface area (Å²) in [6, 6.07) is 8.42. The first-order chi connectivity index (χ1) is 12.8. The van der Waals surface area contributed by atoms with Crippen LogP contribution in [-0.2, 0) is 5.67 Å². The molecule has 3 rings (SSSR count). The number of benzene rings is 1. The van der Waals surface area contributed by atoms with Crippen LogP contribution in [0.15, 0.2) is 24.3 Å². The second-order valence-corrected chi connectivity index (χ2v) is 9.52. The Hall–Kier alpha value is -0.930.